The van der Waals surface area contributed by atoms with E-state index in [2.05, 4.69) is 0 Å². The summed E-state index contributed by atoms with van der Waals surface area (Å²) in [6.45, 7) is 0.953. The molecule has 2 heterocycles. The number of benzene rings is 2. The Kier molecular flexibility index (Phi) is 5.70. The Bertz CT molecular complexity index is 1240. The minimum atomic E-state index is -3.70. The van der Waals surface area contributed by atoms with E-state index in [4.69, 9.17) is 27.9 Å². The number of hydrogen-bond donors (Lipinski definition) is 0. The fourth-order valence-electron chi connectivity index (χ4n) is 4.86. The van der Waals surface area contributed by atoms with Crippen LogP contribution in [0.1, 0.15) is 12.8 Å². The number of carbonyl (C=O) groups is 1. The first-order chi connectivity index (χ1) is 15.4. The molecule has 168 valence electrons. The number of sulfonamides is 1. The van der Waals surface area contributed by atoms with Gasteiger partial charge in [-0.3, -0.25) is 4.90 Å². The van der Waals surface area contributed by atoms with Crippen LogP contribution in [0.4, 0.5) is 4.79 Å². The van der Waals surface area contributed by atoms with Crippen molar-refractivity contribution in [2.45, 2.75) is 29.8 Å². The zero-order valence-electron chi connectivity index (χ0n) is 17.2. The van der Waals surface area contributed by atoms with Crippen molar-refractivity contribution in [3.05, 3.63) is 64.7 Å². The number of cyclic esters (lactones) is 1. The van der Waals surface area contributed by atoms with Crippen molar-refractivity contribution in [3.63, 3.8) is 0 Å². The van der Waals surface area contributed by atoms with E-state index in [-0.39, 0.29) is 29.0 Å². The van der Waals surface area contributed by atoms with Crippen LogP contribution in [-0.2, 0) is 14.8 Å². The van der Waals surface area contributed by atoms with Crippen LogP contribution in [0.2, 0.25) is 5.02 Å². The number of allylic oxidation sites excluding steroid dienone is 2. The molecule has 6 nitrogen and oxygen atoms in total. The van der Waals surface area contributed by atoms with Gasteiger partial charge in [0.25, 0.3) is 0 Å². The monoisotopic (exact) mass is 492 g/mol. The van der Waals surface area contributed by atoms with Crippen LogP contribution in [0.5, 0.6) is 0 Å². The highest BCUT2D eigenvalue weighted by atomic mass is 35.5. The van der Waals surface area contributed by atoms with Gasteiger partial charge in [0.15, 0.2) is 0 Å². The minimum Gasteiger partial charge on any atom is -0.449 e. The van der Waals surface area contributed by atoms with E-state index in [0.29, 0.717) is 53.4 Å². The predicted octanol–water partition coefficient (Wildman–Crippen LogP) is 4.78. The molecule has 0 saturated carbocycles. The third kappa shape index (κ3) is 3.71. The van der Waals surface area contributed by atoms with Crippen LogP contribution in [0.25, 0.3) is 10.8 Å². The molecule has 2 atom stereocenters. The summed E-state index contributed by atoms with van der Waals surface area (Å²) in [7, 11) is -3.70. The molecule has 0 radical (unpaired) electrons. The van der Waals surface area contributed by atoms with Crippen molar-refractivity contribution in [2.24, 2.45) is 5.92 Å². The van der Waals surface area contributed by atoms with Crippen molar-refractivity contribution in [2.75, 3.05) is 19.7 Å². The largest absolute Gasteiger partial charge is 0.449 e. The maximum absolute atomic E-state index is 13.5. The SMILES string of the molecule is O=C1OCC2C=C(Cl)C=CC2N1C1CCN(S(=O)(=O)c2cccc3c(Cl)cccc23)CC1. The van der Waals surface area contributed by atoms with E-state index in [1.54, 1.807) is 41.3 Å². The second-order valence-electron chi connectivity index (χ2n) is 8.28. The van der Waals surface area contributed by atoms with Crippen LogP contribution in [0, 0.1) is 5.92 Å². The maximum Gasteiger partial charge on any atom is 0.410 e. The fourth-order valence-corrected chi connectivity index (χ4v) is 7.01. The summed E-state index contributed by atoms with van der Waals surface area (Å²) in [5, 5.41) is 2.48. The summed E-state index contributed by atoms with van der Waals surface area (Å²) in [6.07, 6.45) is 6.38. The molecular formula is C23H22Cl2N2O4S. The second-order valence-corrected chi connectivity index (χ2v) is 11.0. The topological polar surface area (TPSA) is 66.9 Å². The average Bonchev–Trinajstić information content (AvgIpc) is 2.79. The van der Waals surface area contributed by atoms with Gasteiger partial charge < -0.3 is 4.74 Å². The van der Waals surface area contributed by atoms with Crippen molar-refractivity contribution in [1.29, 1.82) is 0 Å². The zero-order chi connectivity index (χ0) is 22.5. The van der Waals surface area contributed by atoms with Crippen LogP contribution >= 0.6 is 23.2 Å². The minimum absolute atomic E-state index is 0.00685. The number of rotatable bonds is 3. The molecule has 5 rings (SSSR count). The number of carbonyl (C=O) groups excluding carboxylic acids is 1. The Labute approximate surface area is 197 Å². The van der Waals surface area contributed by atoms with Gasteiger partial charge in [-0.05, 0) is 31.1 Å². The molecule has 9 heteroatoms. The molecule has 2 aromatic rings. The summed E-state index contributed by atoms with van der Waals surface area (Å²) in [5.41, 5.74) is 0. The van der Waals surface area contributed by atoms with Crippen LogP contribution in [0.15, 0.2) is 64.6 Å². The van der Waals surface area contributed by atoms with Gasteiger partial charge in [0.1, 0.15) is 6.61 Å². The normalized spacial score (nSPS) is 24.9. The van der Waals surface area contributed by atoms with Gasteiger partial charge in [0, 0.05) is 45.9 Å². The molecular weight excluding hydrogens is 471 g/mol. The average molecular weight is 493 g/mol. The van der Waals surface area contributed by atoms with E-state index in [1.807, 2.05) is 18.2 Å². The number of piperidine rings is 1. The molecule has 2 aliphatic heterocycles. The Morgan fingerprint density at radius 3 is 2.50 bits per heavy atom. The first-order valence-electron chi connectivity index (χ1n) is 10.5. The van der Waals surface area contributed by atoms with E-state index in [0.717, 1.165) is 0 Å². The van der Waals surface area contributed by atoms with Crippen molar-refractivity contribution in [1.82, 2.24) is 9.21 Å². The van der Waals surface area contributed by atoms with Gasteiger partial charge in [-0.25, -0.2) is 13.2 Å². The van der Waals surface area contributed by atoms with E-state index < -0.39 is 10.0 Å². The van der Waals surface area contributed by atoms with Crippen LogP contribution in [-0.4, -0.2) is 55.5 Å². The molecule has 0 aromatic heterocycles. The quantitative estimate of drug-likeness (QED) is 0.618. The Hall–Kier alpha value is -2.06. The van der Waals surface area contributed by atoms with Crippen molar-refractivity contribution < 1.29 is 17.9 Å². The number of nitrogens with zero attached hydrogens (tertiary/aromatic N) is 2. The lowest BCUT2D eigenvalue weighted by Gasteiger charge is -2.45. The highest BCUT2D eigenvalue weighted by Gasteiger charge is 2.42. The standard InChI is InChI=1S/C23H22Cl2N2O4S/c24-16-7-8-21-15(13-16)14-31-23(28)27(21)17-9-11-26(12-10-17)32(29,30)22-6-2-3-18-19(22)4-1-5-20(18)25/h1-8,13,15,17,21H,9-12,14H2. The molecule has 2 unspecified atom stereocenters. The van der Waals surface area contributed by atoms with E-state index in [1.165, 1.54) is 4.31 Å². The lowest BCUT2D eigenvalue weighted by atomic mass is 9.90. The Morgan fingerprint density at radius 2 is 1.72 bits per heavy atom. The summed E-state index contributed by atoms with van der Waals surface area (Å²) >= 11 is 12.4. The highest BCUT2D eigenvalue weighted by Crippen LogP contribution is 2.35. The summed E-state index contributed by atoms with van der Waals surface area (Å²) < 4.78 is 33.8. The maximum atomic E-state index is 13.5. The van der Waals surface area contributed by atoms with Gasteiger partial charge >= 0.3 is 6.09 Å². The summed E-state index contributed by atoms with van der Waals surface area (Å²) in [5.74, 6) is 0.00685. The third-order valence-corrected chi connectivity index (χ3v) is 9.00. The molecule has 32 heavy (non-hydrogen) atoms. The number of halogens is 2. The fraction of sp³-hybridized carbons (Fsp3) is 0.348. The first-order valence-corrected chi connectivity index (χ1v) is 12.7. The second kappa shape index (κ2) is 8.37. The summed E-state index contributed by atoms with van der Waals surface area (Å²) in [6, 6.07) is 10.2. The molecule has 0 bridgehead atoms. The first kappa shape index (κ1) is 21.8. The smallest absolute Gasteiger partial charge is 0.410 e. The van der Waals surface area contributed by atoms with Crippen LogP contribution < -0.4 is 0 Å². The number of fused-ring (bicyclic) bond motifs is 2. The molecule has 0 N–H and O–H groups in total. The summed E-state index contributed by atoms with van der Waals surface area (Å²) in [4.78, 5) is 14.6. The van der Waals surface area contributed by atoms with E-state index in [9.17, 15) is 13.2 Å². The Balaban J connectivity index is 1.36. The predicted molar refractivity (Wildman–Crippen MR) is 124 cm³/mol. The van der Waals surface area contributed by atoms with Gasteiger partial charge in [0.2, 0.25) is 10.0 Å². The van der Waals surface area contributed by atoms with Gasteiger partial charge in [-0.1, -0.05) is 59.6 Å². The third-order valence-electron chi connectivity index (χ3n) is 6.46. The highest BCUT2D eigenvalue weighted by molar-refractivity contribution is 7.89. The number of amides is 1. The lowest BCUT2D eigenvalue weighted by Crippen LogP contribution is -2.57. The van der Waals surface area contributed by atoms with Crippen LogP contribution in [0.3, 0.4) is 0 Å². The molecule has 2 fully saturated rings. The molecule has 2 saturated heterocycles. The molecule has 3 aliphatic rings. The van der Waals surface area contributed by atoms with Crippen molar-refractivity contribution in [3.8, 4) is 0 Å². The van der Waals surface area contributed by atoms with Crippen molar-refractivity contribution >= 4 is 50.1 Å². The molecule has 0 spiro atoms. The Morgan fingerprint density at radius 1 is 1.00 bits per heavy atom. The number of hydrogen-bond acceptors (Lipinski definition) is 4. The van der Waals surface area contributed by atoms with Gasteiger partial charge in [0.05, 0.1) is 10.9 Å². The zero-order valence-corrected chi connectivity index (χ0v) is 19.5. The number of ether oxygens (including phenoxy) is 1. The van der Waals surface area contributed by atoms with E-state index >= 15 is 0 Å². The molecule has 2 aromatic carbocycles. The molecule has 1 aliphatic carbocycles. The lowest BCUT2D eigenvalue weighted by molar-refractivity contribution is 0.00610. The van der Waals surface area contributed by atoms with Gasteiger partial charge in [-0.15, -0.1) is 0 Å². The van der Waals surface area contributed by atoms with Gasteiger partial charge in [-0.2, -0.15) is 4.31 Å². The molecule has 1 amide bonds.